The summed E-state index contributed by atoms with van der Waals surface area (Å²) in [6.45, 7) is 7.09. The molecule has 0 aliphatic carbocycles. The van der Waals surface area contributed by atoms with Gasteiger partial charge in [0.15, 0.2) is 11.5 Å². The number of fused-ring (bicyclic) bond motifs is 1. The van der Waals surface area contributed by atoms with E-state index in [1.807, 2.05) is 36.4 Å². The first-order valence-electron chi connectivity index (χ1n) is 12.7. The number of carbonyl (C=O) groups is 2. The average molecular weight is 581 g/mol. The predicted octanol–water partition coefficient (Wildman–Crippen LogP) is 5.63. The molecule has 2 amide bonds. The molecular formula is C30H34BrN3O4. The summed E-state index contributed by atoms with van der Waals surface area (Å²) in [4.78, 5) is 28.3. The van der Waals surface area contributed by atoms with E-state index in [4.69, 9.17) is 9.47 Å². The second-order valence-corrected chi connectivity index (χ2v) is 10.6. The van der Waals surface area contributed by atoms with Crippen LogP contribution >= 0.6 is 15.9 Å². The molecule has 3 aromatic carbocycles. The van der Waals surface area contributed by atoms with E-state index in [0.717, 1.165) is 35.5 Å². The Labute approximate surface area is 232 Å². The Hall–Kier alpha value is -3.36. The molecule has 200 valence electrons. The van der Waals surface area contributed by atoms with Gasteiger partial charge in [-0.1, -0.05) is 41.9 Å². The van der Waals surface area contributed by atoms with Crippen molar-refractivity contribution >= 4 is 33.4 Å². The van der Waals surface area contributed by atoms with Gasteiger partial charge in [-0.25, -0.2) is 0 Å². The minimum absolute atomic E-state index is 0.236. The maximum atomic E-state index is 13.1. The maximum Gasteiger partial charge on any atom is 0.255 e. The van der Waals surface area contributed by atoms with Crippen LogP contribution in [-0.2, 0) is 13.0 Å². The molecule has 0 spiro atoms. The highest BCUT2D eigenvalue weighted by atomic mass is 79.9. The van der Waals surface area contributed by atoms with Crippen LogP contribution in [0, 0.1) is 0 Å². The molecule has 8 heteroatoms. The van der Waals surface area contributed by atoms with Gasteiger partial charge in [0.1, 0.15) is 0 Å². The number of halogens is 1. The molecule has 0 saturated carbocycles. The number of anilines is 1. The highest BCUT2D eigenvalue weighted by Gasteiger charge is 2.20. The second kappa shape index (κ2) is 12.5. The van der Waals surface area contributed by atoms with Crippen LogP contribution in [0.2, 0.25) is 0 Å². The lowest BCUT2D eigenvalue weighted by molar-refractivity contribution is 0.0948. The van der Waals surface area contributed by atoms with Crippen molar-refractivity contribution in [3.63, 3.8) is 0 Å². The lowest BCUT2D eigenvalue weighted by Gasteiger charge is -2.29. The summed E-state index contributed by atoms with van der Waals surface area (Å²) in [5, 5.41) is 5.92. The van der Waals surface area contributed by atoms with Crippen molar-refractivity contribution in [2.24, 2.45) is 0 Å². The van der Waals surface area contributed by atoms with Crippen molar-refractivity contribution in [2.75, 3.05) is 39.2 Å². The van der Waals surface area contributed by atoms with E-state index in [2.05, 4.69) is 51.4 Å². The van der Waals surface area contributed by atoms with Crippen LogP contribution in [-0.4, -0.2) is 50.6 Å². The van der Waals surface area contributed by atoms with Crippen LogP contribution in [0.5, 0.6) is 11.5 Å². The fraction of sp³-hybridized carbons (Fsp3) is 0.333. The summed E-state index contributed by atoms with van der Waals surface area (Å²) >= 11 is 3.45. The lowest BCUT2D eigenvalue weighted by Crippen LogP contribution is -2.38. The van der Waals surface area contributed by atoms with Crippen molar-refractivity contribution in [1.82, 2.24) is 10.2 Å². The summed E-state index contributed by atoms with van der Waals surface area (Å²) in [6.07, 6.45) is 0.906. The molecule has 0 saturated heterocycles. The number of ether oxygens (including phenoxy) is 2. The van der Waals surface area contributed by atoms with Crippen LogP contribution in [0.1, 0.15) is 57.2 Å². The third kappa shape index (κ3) is 6.55. The number of rotatable bonds is 9. The molecule has 0 radical (unpaired) electrons. The van der Waals surface area contributed by atoms with Gasteiger partial charge in [-0.15, -0.1) is 0 Å². The van der Waals surface area contributed by atoms with E-state index in [0.29, 0.717) is 35.8 Å². The number of nitrogens with one attached hydrogen (secondary N) is 2. The highest BCUT2D eigenvalue weighted by Crippen LogP contribution is 2.33. The molecule has 1 heterocycles. The Morgan fingerprint density at radius 2 is 1.63 bits per heavy atom. The third-order valence-electron chi connectivity index (χ3n) is 6.82. The minimum atomic E-state index is -0.254. The number of carbonyl (C=O) groups excluding carboxylic acids is 2. The van der Waals surface area contributed by atoms with Crippen molar-refractivity contribution in [3.8, 4) is 11.5 Å². The molecular weight excluding hydrogens is 546 g/mol. The fourth-order valence-corrected chi connectivity index (χ4v) is 4.94. The van der Waals surface area contributed by atoms with Crippen LogP contribution < -0.4 is 20.1 Å². The number of methoxy groups -OCH3 is 2. The van der Waals surface area contributed by atoms with Gasteiger partial charge < -0.3 is 20.1 Å². The molecule has 0 bridgehead atoms. The van der Waals surface area contributed by atoms with Crippen LogP contribution in [0.25, 0.3) is 0 Å². The van der Waals surface area contributed by atoms with Crippen LogP contribution in [0.3, 0.4) is 0 Å². The van der Waals surface area contributed by atoms with Crippen molar-refractivity contribution in [2.45, 2.75) is 32.7 Å². The first kappa shape index (κ1) is 27.7. The number of hydrogen-bond donors (Lipinski definition) is 2. The molecule has 3 aromatic rings. The first-order valence-corrected chi connectivity index (χ1v) is 13.5. The standard InChI is InChI=1S/C30H34BrN3O4/c1-19(2)20-5-7-21(8-6-20)29(35)33-26-10-9-24(31)17-25(26)30(36)32-12-14-34-13-11-22-15-27(37-3)28(38-4)16-23(22)18-34/h5-10,15-17,19H,11-14,18H2,1-4H3,(H,32,36)(H,33,35). The molecule has 0 unspecified atom stereocenters. The Morgan fingerprint density at radius 3 is 2.29 bits per heavy atom. The molecule has 0 aromatic heterocycles. The zero-order chi connectivity index (χ0) is 27.2. The van der Waals surface area contributed by atoms with E-state index in [1.165, 1.54) is 16.7 Å². The SMILES string of the molecule is COc1cc2c(cc1OC)CN(CCNC(=O)c1cc(Br)ccc1NC(=O)c1ccc(C(C)C)cc1)CC2. The highest BCUT2D eigenvalue weighted by molar-refractivity contribution is 9.10. The van der Waals surface area contributed by atoms with Gasteiger partial charge in [-0.05, 0) is 71.5 Å². The summed E-state index contributed by atoms with van der Waals surface area (Å²) in [7, 11) is 3.29. The minimum Gasteiger partial charge on any atom is -0.493 e. The van der Waals surface area contributed by atoms with E-state index in [9.17, 15) is 9.59 Å². The molecule has 2 N–H and O–H groups in total. The molecule has 38 heavy (non-hydrogen) atoms. The third-order valence-corrected chi connectivity index (χ3v) is 7.32. The van der Waals surface area contributed by atoms with Gasteiger partial charge >= 0.3 is 0 Å². The van der Waals surface area contributed by atoms with Gasteiger partial charge in [0.2, 0.25) is 0 Å². The summed E-state index contributed by atoms with van der Waals surface area (Å²) < 4.78 is 11.6. The largest absolute Gasteiger partial charge is 0.493 e. The zero-order valence-electron chi connectivity index (χ0n) is 22.3. The number of benzene rings is 3. The van der Waals surface area contributed by atoms with E-state index in [-0.39, 0.29) is 11.8 Å². The summed E-state index contributed by atoms with van der Waals surface area (Å²) in [5.74, 6) is 1.37. The number of amides is 2. The monoisotopic (exact) mass is 579 g/mol. The molecule has 0 atom stereocenters. The van der Waals surface area contributed by atoms with Gasteiger partial charge in [0, 0.05) is 36.2 Å². The molecule has 4 rings (SSSR count). The van der Waals surface area contributed by atoms with E-state index < -0.39 is 0 Å². The summed E-state index contributed by atoms with van der Waals surface area (Å²) in [5.41, 5.74) is 5.06. The smallest absolute Gasteiger partial charge is 0.255 e. The van der Waals surface area contributed by atoms with Crippen molar-refractivity contribution in [3.05, 3.63) is 86.9 Å². The number of hydrogen-bond acceptors (Lipinski definition) is 5. The molecule has 1 aliphatic heterocycles. The molecule has 0 fully saturated rings. The average Bonchev–Trinajstić information content (AvgIpc) is 2.93. The van der Waals surface area contributed by atoms with Crippen LogP contribution in [0.15, 0.2) is 59.1 Å². The first-order chi connectivity index (χ1) is 18.3. The van der Waals surface area contributed by atoms with Crippen molar-refractivity contribution in [1.29, 1.82) is 0 Å². The predicted molar refractivity (Wildman–Crippen MR) is 153 cm³/mol. The lowest BCUT2D eigenvalue weighted by atomic mass is 9.99. The van der Waals surface area contributed by atoms with Gasteiger partial charge in [-0.2, -0.15) is 0 Å². The Kier molecular flexibility index (Phi) is 9.07. The van der Waals surface area contributed by atoms with Crippen molar-refractivity contribution < 1.29 is 19.1 Å². The second-order valence-electron chi connectivity index (χ2n) is 9.68. The van der Waals surface area contributed by atoms with Gasteiger partial charge in [0.25, 0.3) is 11.8 Å². The maximum absolute atomic E-state index is 13.1. The van der Waals surface area contributed by atoms with Gasteiger partial charge in [0.05, 0.1) is 25.5 Å². The van der Waals surface area contributed by atoms with E-state index in [1.54, 1.807) is 26.4 Å². The Bertz CT molecular complexity index is 1310. The Balaban J connectivity index is 1.37. The Morgan fingerprint density at radius 1 is 0.947 bits per heavy atom. The molecule has 1 aliphatic rings. The quantitative estimate of drug-likeness (QED) is 0.343. The van der Waals surface area contributed by atoms with Crippen LogP contribution in [0.4, 0.5) is 5.69 Å². The van der Waals surface area contributed by atoms with Gasteiger partial charge in [-0.3, -0.25) is 14.5 Å². The fourth-order valence-electron chi connectivity index (χ4n) is 4.58. The zero-order valence-corrected chi connectivity index (χ0v) is 23.9. The number of nitrogens with zero attached hydrogens (tertiary/aromatic N) is 1. The molecule has 7 nitrogen and oxygen atoms in total. The topological polar surface area (TPSA) is 79.9 Å². The van der Waals surface area contributed by atoms with E-state index >= 15 is 0 Å². The summed E-state index contributed by atoms with van der Waals surface area (Å²) in [6, 6.07) is 16.9. The normalized spacial score (nSPS) is 13.1.